The van der Waals surface area contributed by atoms with Gasteiger partial charge < -0.3 is 34.7 Å². The summed E-state index contributed by atoms with van der Waals surface area (Å²) in [5, 5.41) is 6.40. The fourth-order valence-corrected chi connectivity index (χ4v) is 7.92. The van der Waals surface area contributed by atoms with Crippen molar-refractivity contribution in [1.82, 2.24) is 29.9 Å². The number of nitrogens with zero attached hydrogens (tertiary/aromatic N) is 4. The normalized spacial score (nSPS) is 20.6. The number of carbonyl (C=O) groups is 3. The quantitative estimate of drug-likeness (QED) is 0.358. The van der Waals surface area contributed by atoms with Gasteiger partial charge >= 0.3 is 17.8 Å². The van der Waals surface area contributed by atoms with Gasteiger partial charge in [0.15, 0.2) is 5.58 Å². The smallest absolute Gasteiger partial charge is 0.408 e. The summed E-state index contributed by atoms with van der Waals surface area (Å²) in [5.74, 6) is -0.721. The van der Waals surface area contributed by atoms with Crippen molar-refractivity contribution in [2.75, 3.05) is 44.6 Å². The molecule has 0 saturated carbocycles. The van der Waals surface area contributed by atoms with E-state index in [0.717, 1.165) is 37.2 Å². The number of halogens is 1. The lowest BCUT2D eigenvalue weighted by Gasteiger charge is -2.42. The Kier molecular flexibility index (Phi) is 9.13. The molecular weight excluding hydrogens is 622 g/mol. The van der Waals surface area contributed by atoms with Crippen LogP contribution in [0, 0.1) is 0 Å². The number of oxazole rings is 1. The molecule has 250 valence electrons. The number of anilines is 1. The van der Waals surface area contributed by atoms with Crippen LogP contribution in [0.1, 0.15) is 56.1 Å². The summed E-state index contributed by atoms with van der Waals surface area (Å²) in [7, 11) is 0. The number of piperidine rings is 3. The lowest BCUT2D eigenvalue weighted by Crippen LogP contribution is -2.57. The fraction of sp³-hybridized carbons (Fsp3) is 0.529. The Bertz CT molecular complexity index is 1690. The number of aromatic amines is 1. The molecule has 47 heavy (non-hydrogen) atoms. The van der Waals surface area contributed by atoms with Crippen LogP contribution >= 0.6 is 11.6 Å². The molecule has 3 saturated heterocycles. The average molecular weight is 664 g/mol. The molecule has 2 aromatic carbocycles. The highest BCUT2D eigenvalue weighted by Gasteiger charge is 2.36. The first-order valence-electron chi connectivity index (χ1n) is 16.9. The minimum absolute atomic E-state index is 0.00701. The van der Waals surface area contributed by atoms with Gasteiger partial charge in [-0.25, -0.2) is 14.4 Å². The fourth-order valence-electron chi connectivity index (χ4n) is 7.68. The number of rotatable bonds is 6. The number of amides is 5. The Morgan fingerprint density at radius 2 is 1.62 bits per heavy atom. The predicted octanol–water partition coefficient (Wildman–Crippen LogP) is 4.38. The van der Waals surface area contributed by atoms with Crippen molar-refractivity contribution < 1.29 is 18.8 Å². The molecule has 0 spiro atoms. The van der Waals surface area contributed by atoms with E-state index < -0.39 is 11.8 Å². The molecule has 0 bridgehead atoms. The molecule has 3 aromatic rings. The number of para-hydroxylation sites is 1. The largest absolute Gasteiger partial charge is 0.417 e. The SMILES string of the molecule is O=C(NC(Cc1cc2oc(=O)[nH]c2cc1Cl)C(=O)N1CCC(N2CCCCC2)CC1)N1CCC(N2Cc3ccccc3NC2=O)CC1. The Labute approximate surface area is 278 Å². The van der Waals surface area contributed by atoms with Crippen LogP contribution in [0.4, 0.5) is 15.3 Å². The minimum atomic E-state index is -0.850. The van der Waals surface area contributed by atoms with E-state index in [9.17, 15) is 19.2 Å². The number of H-pyrrole nitrogens is 1. The second kappa shape index (κ2) is 13.6. The maximum Gasteiger partial charge on any atom is 0.417 e. The highest BCUT2D eigenvalue weighted by Crippen LogP contribution is 2.29. The first kappa shape index (κ1) is 31.6. The second-order valence-corrected chi connectivity index (χ2v) is 13.7. The van der Waals surface area contributed by atoms with Crippen molar-refractivity contribution in [2.24, 2.45) is 0 Å². The molecule has 3 N–H and O–H groups in total. The van der Waals surface area contributed by atoms with Crippen LogP contribution in [0.5, 0.6) is 0 Å². The monoisotopic (exact) mass is 663 g/mol. The number of aromatic nitrogens is 1. The van der Waals surface area contributed by atoms with Crippen molar-refractivity contribution in [2.45, 2.75) is 76.0 Å². The molecule has 0 radical (unpaired) electrons. The summed E-state index contributed by atoms with van der Waals surface area (Å²) in [6.45, 7) is 4.99. The van der Waals surface area contributed by atoms with Gasteiger partial charge in [0.1, 0.15) is 6.04 Å². The Balaban J connectivity index is 1.02. The van der Waals surface area contributed by atoms with E-state index in [1.165, 1.54) is 19.3 Å². The van der Waals surface area contributed by atoms with E-state index in [-0.39, 0.29) is 30.4 Å². The van der Waals surface area contributed by atoms with Gasteiger partial charge in [0.25, 0.3) is 0 Å². The molecule has 5 amide bonds. The van der Waals surface area contributed by atoms with Crippen molar-refractivity contribution in [1.29, 1.82) is 0 Å². The summed E-state index contributed by atoms with van der Waals surface area (Å²) in [6, 6.07) is 10.3. The average Bonchev–Trinajstić information content (AvgIpc) is 3.46. The van der Waals surface area contributed by atoms with Gasteiger partial charge in [0, 0.05) is 61.9 Å². The van der Waals surface area contributed by atoms with Crippen LogP contribution in [0.25, 0.3) is 11.1 Å². The van der Waals surface area contributed by atoms with Gasteiger partial charge in [-0.05, 0) is 80.9 Å². The van der Waals surface area contributed by atoms with Crippen molar-refractivity contribution in [3.63, 3.8) is 0 Å². The molecular formula is C34H42ClN7O5. The molecule has 1 aromatic heterocycles. The van der Waals surface area contributed by atoms with Crippen molar-refractivity contribution in [3.05, 3.63) is 63.1 Å². The topological polar surface area (TPSA) is 134 Å². The van der Waals surface area contributed by atoms with Gasteiger partial charge in [0.2, 0.25) is 5.91 Å². The number of fused-ring (bicyclic) bond motifs is 2. The lowest BCUT2D eigenvalue weighted by atomic mass is 9.98. The predicted molar refractivity (Wildman–Crippen MR) is 178 cm³/mol. The maximum atomic E-state index is 14.1. The van der Waals surface area contributed by atoms with Crippen LogP contribution in [0.2, 0.25) is 5.02 Å². The molecule has 4 aliphatic rings. The number of hydrogen-bond acceptors (Lipinski definition) is 6. The van der Waals surface area contributed by atoms with E-state index in [1.807, 2.05) is 34.1 Å². The van der Waals surface area contributed by atoms with Gasteiger partial charge in [-0.15, -0.1) is 0 Å². The molecule has 3 fully saturated rings. The number of benzene rings is 2. The summed E-state index contributed by atoms with van der Waals surface area (Å²) >= 11 is 6.62. The van der Waals surface area contributed by atoms with E-state index in [0.29, 0.717) is 73.3 Å². The number of carbonyl (C=O) groups excluding carboxylic acids is 3. The molecule has 12 nitrogen and oxygen atoms in total. The third kappa shape index (κ3) is 6.85. The zero-order valence-corrected chi connectivity index (χ0v) is 27.3. The molecule has 7 rings (SSSR count). The Morgan fingerprint density at radius 1 is 0.915 bits per heavy atom. The van der Waals surface area contributed by atoms with Crippen LogP contribution in [0.3, 0.4) is 0 Å². The molecule has 4 aliphatic heterocycles. The first-order valence-corrected chi connectivity index (χ1v) is 17.3. The second-order valence-electron chi connectivity index (χ2n) is 13.2. The zero-order valence-electron chi connectivity index (χ0n) is 26.5. The number of hydrogen-bond donors (Lipinski definition) is 3. The van der Waals surface area contributed by atoms with Gasteiger partial charge in [-0.2, -0.15) is 0 Å². The molecule has 1 atom stereocenters. The van der Waals surface area contributed by atoms with Crippen molar-refractivity contribution in [3.8, 4) is 0 Å². The van der Waals surface area contributed by atoms with E-state index in [2.05, 4.69) is 20.5 Å². The van der Waals surface area contributed by atoms with Crippen molar-refractivity contribution >= 4 is 46.4 Å². The highest BCUT2D eigenvalue weighted by atomic mass is 35.5. The summed E-state index contributed by atoms with van der Waals surface area (Å²) < 4.78 is 5.26. The van der Waals surface area contributed by atoms with Crippen LogP contribution in [0.15, 0.2) is 45.6 Å². The molecule has 0 aliphatic carbocycles. The molecule has 1 unspecified atom stereocenters. The summed E-state index contributed by atoms with van der Waals surface area (Å²) in [5.41, 5.74) is 3.35. The van der Waals surface area contributed by atoms with E-state index in [4.69, 9.17) is 16.0 Å². The maximum absolute atomic E-state index is 14.1. The van der Waals surface area contributed by atoms with Gasteiger partial charge in [0.05, 0.1) is 5.52 Å². The van der Waals surface area contributed by atoms with E-state index in [1.54, 1.807) is 17.0 Å². The molecule has 13 heteroatoms. The Hall–Kier alpha value is -4.03. The summed E-state index contributed by atoms with van der Waals surface area (Å²) in [6.07, 6.45) is 7.01. The van der Waals surface area contributed by atoms with E-state index >= 15 is 0 Å². The third-order valence-electron chi connectivity index (χ3n) is 10.3. The first-order chi connectivity index (χ1) is 22.8. The molecule has 5 heterocycles. The highest BCUT2D eigenvalue weighted by molar-refractivity contribution is 6.32. The Morgan fingerprint density at radius 3 is 2.38 bits per heavy atom. The zero-order chi connectivity index (χ0) is 32.5. The van der Waals surface area contributed by atoms with Gasteiger partial charge in [-0.3, -0.25) is 9.78 Å². The summed E-state index contributed by atoms with van der Waals surface area (Å²) in [4.78, 5) is 63.1. The number of nitrogens with one attached hydrogen (secondary N) is 3. The van der Waals surface area contributed by atoms with Crippen LogP contribution < -0.4 is 16.4 Å². The third-order valence-corrected chi connectivity index (χ3v) is 10.7. The number of likely N-dealkylation sites (tertiary alicyclic amines) is 3. The minimum Gasteiger partial charge on any atom is -0.408 e. The van der Waals surface area contributed by atoms with Gasteiger partial charge in [-0.1, -0.05) is 36.2 Å². The number of urea groups is 2. The lowest BCUT2D eigenvalue weighted by molar-refractivity contribution is -0.134. The van der Waals surface area contributed by atoms with Crippen LogP contribution in [-0.4, -0.2) is 99.9 Å². The van der Waals surface area contributed by atoms with Crippen LogP contribution in [-0.2, 0) is 17.8 Å². The standard InChI is InChI=1S/C34H42ClN7O5/c35-26-20-28-30(47-34(46)38-28)19-23(26)18-29(31(43)40-14-8-24(9-15-40)39-12-4-1-5-13-39)37-32(44)41-16-10-25(11-17-41)42-21-22-6-2-3-7-27(22)36-33(42)45/h2-3,6-7,19-20,24-25,29H,1,4-5,8-18,21H2,(H,36,45)(H,37,44)(H,38,46).